The fourth-order valence-electron chi connectivity index (χ4n) is 3.17. The van der Waals surface area contributed by atoms with Crippen molar-refractivity contribution >= 4 is 34.6 Å². The van der Waals surface area contributed by atoms with Gasteiger partial charge in [0.1, 0.15) is 5.52 Å². The first kappa shape index (κ1) is 17.8. The molecule has 2 heterocycles. The van der Waals surface area contributed by atoms with Gasteiger partial charge in [-0.2, -0.15) is 0 Å². The molecule has 29 heavy (non-hydrogen) atoms. The summed E-state index contributed by atoms with van der Waals surface area (Å²) in [6.07, 6.45) is 1.70. The number of benzene rings is 3. The highest BCUT2D eigenvalue weighted by Crippen LogP contribution is 2.36. The van der Waals surface area contributed by atoms with Crippen molar-refractivity contribution in [2.45, 2.75) is 13.8 Å². The topological polar surface area (TPSA) is 56.9 Å². The molecule has 0 spiro atoms. The van der Waals surface area contributed by atoms with Crippen LogP contribution in [0.4, 0.5) is 5.69 Å². The molecule has 1 aliphatic heterocycles. The van der Waals surface area contributed by atoms with Gasteiger partial charge in [-0.05, 0) is 61.4 Å². The number of aliphatic imine (C=N–C) groups is 1. The van der Waals surface area contributed by atoms with Gasteiger partial charge in [-0.15, -0.1) is 0 Å². The first-order chi connectivity index (χ1) is 14.1. The molecule has 1 aromatic heterocycles. The lowest BCUT2D eigenvalue weighted by Gasteiger charge is -2.01. The molecule has 0 atom stereocenters. The number of halogens is 1. The van der Waals surface area contributed by atoms with Gasteiger partial charge in [-0.3, -0.25) is 4.99 Å². The number of ether oxygens (including phenoxy) is 2. The summed E-state index contributed by atoms with van der Waals surface area (Å²) < 4.78 is 16.6. The molecular formula is C23H17ClN2O3. The summed E-state index contributed by atoms with van der Waals surface area (Å²) in [4.78, 5) is 9.16. The number of aromatic nitrogens is 1. The maximum Gasteiger partial charge on any atom is 0.231 e. The van der Waals surface area contributed by atoms with Gasteiger partial charge in [-0.25, -0.2) is 4.98 Å². The molecule has 1 aliphatic rings. The van der Waals surface area contributed by atoms with Gasteiger partial charge < -0.3 is 13.9 Å². The number of oxazole rings is 1. The number of hydrogen-bond donors (Lipinski definition) is 0. The molecule has 5 nitrogen and oxygen atoms in total. The van der Waals surface area contributed by atoms with Crippen LogP contribution in [0.2, 0.25) is 5.02 Å². The minimum absolute atomic E-state index is 0.206. The molecule has 0 unspecified atom stereocenters. The number of aryl methyl sites for hydroxylation is 2. The molecular weight excluding hydrogens is 388 g/mol. The van der Waals surface area contributed by atoms with E-state index >= 15 is 0 Å². The Morgan fingerprint density at radius 1 is 0.966 bits per heavy atom. The van der Waals surface area contributed by atoms with E-state index in [9.17, 15) is 0 Å². The molecule has 144 valence electrons. The highest BCUT2D eigenvalue weighted by molar-refractivity contribution is 6.33. The summed E-state index contributed by atoms with van der Waals surface area (Å²) in [5.41, 5.74) is 6.39. The Kier molecular flexibility index (Phi) is 4.25. The van der Waals surface area contributed by atoms with E-state index in [0.717, 1.165) is 27.9 Å². The highest BCUT2D eigenvalue weighted by atomic mass is 35.5. The monoisotopic (exact) mass is 404 g/mol. The van der Waals surface area contributed by atoms with Crippen molar-refractivity contribution in [1.82, 2.24) is 4.98 Å². The van der Waals surface area contributed by atoms with Crippen molar-refractivity contribution in [3.63, 3.8) is 0 Å². The Bertz CT molecular complexity index is 1280. The Labute approximate surface area is 172 Å². The molecule has 0 saturated heterocycles. The summed E-state index contributed by atoms with van der Waals surface area (Å²) in [6, 6.07) is 15.4. The third kappa shape index (κ3) is 3.34. The largest absolute Gasteiger partial charge is 0.454 e. The minimum atomic E-state index is 0.206. The zero-order chi connectivity index (χ0) is 20.0. The summed E-state index contributed by atoms with van der Waals surface area (Å²) in [6.45, 7) is 4.37. The molecule has 0 amide bonds. The van der Waals surface area contributed by atoms with Gasteiger partial charge in [0.2, 0.25) is 12.7 Å². The average molecular weight is 405 g/mol. The Balaban J connectivity index is 1.46. The van der Waals surface area contributed by atoms with E-state index in [1.807, 2.05) is 30.3 Å². The van der Waals surface area contributed by atoms with Crippen LogP contribution in [0.15, 0.2) is 57.9 Å². The predicted octanol–water partition coefficient (Wildman–Crippen LogP) is 6.24. The second kappa shape index (κ2) is 6.94. The van der Waals surface area contributed by atoms with Crippen LogP contribution < -0.4 is 9.47 Å². The highest BCUT2D eigenvalue weighted by Gasteiger charge is 2.16. The maximum absolute atomic E-state index is 6.31. The molecule has 0 N–H and O–H groups in total. The van der Waals surface area contributed by atoms with E-state index in [1.54, 1.807) is 12.3 Å². The summed E-state index contributed by atoms with van der Waals surface area (Å²) in [5.74, 6) is 1.92. The summed E-state index contributed by atoms with van der Waals surface area (Å²) in [7, 11) is 0. The third-order valence-electron chi connectivity index (χ3n) is 4.97. The SMILES string of the molecule is Cc1ccc(-c2nc3cc(N=Cc4cc5c(cc4Cl)OCO5)ccc3o2)cc1C. The second-order valence-corrected chi connectivity index (χ2v) is 7.36. The van der Waals surface area contributed by atoms with E-state index in [0.29, 0.717) is 22.4 Å². The van der Waals surface area contributed by atoms with Crippen molar-refractivity contribution in [1.29, 1.82) is 0 Å². The number of nitrogens with zero attached hydrogens (tertiary/aromatic N) is 2. The van der Waals surface area contributed by atoms with E-state index in [4.69, 9.17) is 25.5 Å². The molecule has 0 saturated carbocycles. The minimum Gasteiger partial charge on any atom is -0.454 e. The van der Waals surface area contributed by atoms with E-state index in [2.05, 4.69) is 36.0 Å². The van der Waals surface area contributed by atoms with E-state index in [-0.39, 0.29) is 6.79 Å². The van der Waals surface area contributed by atoms with Crippen molar-refractivity contribution in [3.8, 4) is 23.0 Å². The lowest BCUT2D eigenvalue weighted by Crippen LogP contribution is -1.92. The van der Waals surface area contributed by atoms with Crippen LogP contribution in [0.3, 0.4) is 0 Å². The molecule has 0 bridgehead atoms. The van der Waals surface area contributed by atoms with Crippen molar-refractivity contribution in [2.75, 3.05) is 6.79 Å². The van der Waals surface area contributed by atoms with Crippen molar-refractivity contribution in [2.24, 2.45) is 4.99 Å². The Morgan fingerprint density at radius 3 is 2.62 bits per heavy atom. The van der Waals surface area contributed by atoms with Gasteiger partial charge in [0, 0.05) is 23.4 Å². The molecule has 0 radical (unpaired) electrons. The Hall–Kier alpha value is -3.31. The summed E-state index contributed by atoms with van der Waals surface area (Å²) >= 11 is 6.31. The predicted molar refractivity (Wildman–Crippen MR) is 114 cm³/mol. The van der Waals surface area contributed by atoms with Gasteiger partial charge in [-0.1, -0.05) is 17.7 Å². The van der Waals surface area contributed by atoms with Crippen LogP contribution in [-0.2, 0) is 0 Å². The number of hydrogen-bond acceptors (Lipinski definition) is 5. The van der Waals surface area contributed by atoms with Crippen LogP contribution in [0.5, 0.6) is 11.5 Å². The van der Waals surface area contributed by atoms with Gasteiger partial charge in [0.15, 0.2) is 17.1 Å². The number of fused-ring (bicyclic) bond motifs is 2. The van der Waals surface area contributed by atoms with Gasteiger partial charge in [0.05, 0.1) is 10.7 Å². The molecule has 4 aromatic rings. The first-order valence-electron chi connectivity index (χ1n) is 9.18. The van der Waals surface area contributed by atoms with E-state index in [1.165, 1.54) is 11.1 Å². The zero-order valence-corrected chi connectivity index (χ0v) is 16.7. The van der Waals surface area contributed by atoms with Gasteiger partial charge >= 0.3 is 0 Å². The molecule has 3 aromatic carbocycles. The van der Waals surface area contributed by atoms with Gasteiger partial charge in [0.25, 0.3) is 0 Å². The fourth-order valence-corrected chi connectivity index (χ4v) is 3.37. The van der Waals surface area contributed by atoms with Crippen LogP contribution in [-0.4, -0.2) is 18.0 Å². The number of rotatable bonds is 3. The van der Waals surface area contributed by atoms with Crippen LogP contribution in [0.25, 0.3) is 22.6 Å². The van der Waals surface area contributed by atoms with Crippen molar-refractivity contribution in [3.05, 3.63) is 70.2 Å². The molecule has 6 heteroatoms. The standard InChI is InChI=1S/C23H17ClN2O3/c1-13-3-4-15(7-14(13)2)23-26-19-9-17(5-6-20(19)29-23)25-11-16-8-21-22(10-18(16)24)28-12-27-21/h3-11H,12H2,1-2H3. The zero-order valence-electron chi connectivity index (χ0n) is 15.9. The fraction of sp³-hybridized carbons (Fsp3) is 0.130. The van der Waals surface area contributed by atoms with Crippen LogP contribution in [0.1, 0.15) is 16.7 Å². The third-order valence-corrected chi connectivity index (χ3v) is 5.30. The smallest absolute Gasteiger partial charge is 0.231 e. The second-order valence-electron chi connectivity index (χ2n) is 6.96. The lowest BCUT2D eigenvalue weighted by atomic mass is 10.1. The molecule has 0 fully saturated rings. The first-order valence-corrected chi connectivity index (χ1v) is 9.56. The van der Waals surface area contributed by atoms with Crippen LogP contribution >= 0.6 is 11.6 Å². The normalized spacial score (nSPS) is 12.9. The van der Waals surface area contributed by atoms with E-state index < -0.39 is 0 Å². The molecule has 0 aliphatic carbocycles. The van der Waals surface area contributed by atoms with Crippen LogP contribution in [0, 0.1) is 13.8 Å². The average Bonchev–Trinajstić information content (AvgIpc) is 3.34. The summed E-state index contributed by atoms with van der Waals surface area (Å²) in [5, 5.41) is 0.553. The maximum atomic E-state index is 6.31. The van der Waals surface area contributed by atoms with Crippen molar-refractivity contribution < 1.29 is 13.9 Å². The quantitative estimate of drug-likeness (QED) is 0.379. The Morgan fingerprint density at radius 2 is 1.79 bits per heavy atom. The molecule has 5 rings (SSSR count). The lowest BCUT2D eigenvalue weighted by molar-refractivity contribution is 0.174.